The predicted octanol–water partition coefficient (Wildman–Crippen LogP) is 2.31. The van der Waals surface area contributed by atoms with Gasteiger partial charge in [0.2, 0.25) is 5.91 Å². The highest BCUT2D eigenvalue weighted by Gasteiger charge is 2.30. The van der Waals surface area contributed by atoms with E-state index in [0.717, 1.165) is 51.0 Å². The van der Waals surface area contributed by atoms with Gasteiger partial charge in [0.05, 0.1) is 5.92 Å². The fourth-order valence-electron chi connectivity index (χ4n) is 3.35. The molecule has 19 heavy (non-hydrogen) atoms. The summed E-state index contributed by atoms with van der Waals surface area (Å²) in [5.41, 5.74) is 2.47. The molecule has 0 spiro atoms. The molecule has 102 valence electrons. The third kappa shape index (κ3) is 2.52. The zero-order valence-electron chi connectivity index (χ0n) is 11.6. The highest BCUT2D eigenvalue weighted by molar-refractivity contribution is 5.96. The molecule has 1 atom stereocenters. The van der Waals surface area contributed by atoms with Crippen molar-refractivity contribution in [2.45, 2.75) is 25.7 Å². The molecule has 2 heterocycles. The van der Waals surface area contributed by atoms with Crippen molar-refractivity contribution < 1.29 is 4.79 Å². The first-order chi connectivity index (χ1) is 9.25. The Labute approximate surface area is 115 Å². The molecule has 1 fully saturated rings. The van der Waals surface area contributed by atoms with Crippen LogP contribution in [0, 0.1) is 5.92 Å². The van der Waals surface area contributed by atoms with Crippen LogP contribution in [0.1, 0.15) is 24.8 Å². The van der Waals surface area contributed by atoms with Crippen molar-refractivity contribution in [3.63, 3.8) is 0 Å². The van der Waals surface area contributed by atoms with Crippen molar-refractivity contribution in [2.75, 3.05) is 31.6 Å². The molecular weight excluding hydrogens is 236 g/mol. The van der Waals surface area contributed by atoms with Crippen LogP contribution in [0.2, 0.25) is 0 Å². The van der Waals surface area contributed by atoms with Gasteiger partial charge >= 0.3 is 0 Å². The average molecular weight is 258 g/mol. The van der Waals surface area contributed by atoms with Gasteiger partial charge in [0.1, 0.15) is 0 Å². The molecule has 3 rings (SSSR count). The number of benzene rings is 1. The van der Waals surface area contributed by atoms with Gasteiger partial charge in [-0.3, -0.25) is 4.79 Å². The monoisotopic (exact) mass is 258 g/mol. The van der Waals surface area contributed by atoms with Crippen LogP contribution in [-0.2, 0) is 11.2 Å². The molecule has 0 radical (unpaired) electrons. The van der Waals surface area contributed by atoms with E-state index in [4.69, 9.17) is 0 Å². The maximum atomic E-state index is 12.8. The first kappa shape index (κ1) is 12.7. The summed E-state index contributed by atoms with van der Waals surface area (Å²) in [5.74, 6) is 0.517. The summed E-state index contributed by atoms with van der Waals surface area (Å²) in [6.45, 7) is 2.92. The summed E-state index contributed by atoms with van der Waals surface area (Å²) < 4.78 is 0. The van der Waals surface area contributed by atoms with E-state index >= 15 is 0 Å². The third-order valence-corrected chi connectivity index (χ3v) is 4.35. The summed E-state index contributed by atoms with van der Waals surface area (Å²) >= 11 is 0. The number of anilines is 1. The van der Waals surface area contributed by atoms with Crippen molar-refractivity contribution >= 4 is 11.6 Å². The minimum atomic E-state index is 0.185. The Balaban J connectivity index is 1.81. The second kappa shape index (κ2) is 5.33. The molecule has 0 bridgehead atoms. The van der Waals surface area contributed by atoms with E-state index in [1.165, 1.54) is 5.56 Å². The van der Waals surface area contributed by atoms with Gasteiger partial charge in [-0.15, -0.1) is 0 Å². The van der Waals surface area contributed by atoms with Gasteiger partial charge in [0.25, 0.3) is 0 Å². The maximum Gasteiger partial charge on any atom is 0.231 e. The summed E-state index contributed by atoms with van der Waals surface area (Å²) in [6.07, 6.45) is 4.38. The SMILES string of the molecule is CN1CCC[C@H](C(=O)N2CCCc3ccccc32)C1. The summed E-state index contributed by atoms with van der Waals surface area (Å²) in [5, 5.41) is 0. The van der Waals surface area contributed by atoms with E-state index in [2.05, 4.69) is 30.1 Å². The van der Waals surface area contributed by atoms with Crippen molar-refractivity contribution in [3.8, 4) is 0 Å². The van der Waals surface area contributed by atoms with E-state index in [1.807, 2.05) is 11.0 Å². The number of nitrogens with zero attached hydrogens (tertiary/aromatic N) is 2. The van der Waals surface area contributed by atoms with Crippen LogP contribution in [0.3, 0.4) is 0 Å². The van der Waals surface area contributed by atoms with E-state index < -0.39 is 0 Å². The molecular formula is C16H22N2O. The number of likely N-dealkylation sites (tertiary alicyclic amines) is 1. The minimum Gasteiger partial charge on any atom is -0.312 e. The number of carbonyl (C=O) groups is 1. The lowest BCUT2D eigenvalue weighted by Gasteiger charge is -2.35. The predicted molar refractivity (Wildman–Crippen MR) is 77.3 cm³/mol. The first-order valence-corrected chi connectivity index (χ1v) is 7.33. The fourth-order valence-corrected chi connectivity index (χ4v) is 3.35. The lowest BCUT2D eigenvalue weighted by molar-refractivity contribution is -0.124. The van der Waals surface area contributed by atoms with Crippen molar-refractivity contribution in [1.82, 2.24) is 4.90 Å². The molecule has 1 saturated heterocycles. The Bertz CT molecular complexity index is 472. The number of para-hydroxylation sites is 1. The second-order valence-corrected chi connectivity index (χ2v) is 5.82. The van der Waals surface area contributed by atoms with Gasteiger partial charge in [0, 0.05) is 18.8 Å². The molecule has 3 heteroatoms. The molecule has 2 aliphatic heterocycles. The highest BCUT2D eigenvalue weighted by atomic mass is 16.2. The largest absolute Gasteiger partial charge is 0.312 e. The van der Waals surface area contributed by atoms with Gasteiger partial charge in [-0.2, -0.15) is 0 Å². The number of aryl methyl sites for hydroxylation is 1. The van der Waals surface area contributed by atoms with Gasteiger partial charge in [-0.1, -0.05) is 18.2 Å². The van der Waals surface area contributed by atoms with E-state index in [1.54, 1.807) is 0 Å². The summed E-state index contributed by atoms with van der Waals surface area (Å²) in [6, 6.07) is 8.36. The number of amides is 1. The van der Waals surface area contributed by atoms with Gasteiger partial charge in [-0.25, -0.2) is 0 Å². The van der Waals surface area contributed by atoms with Crippen LogP contribution in [0.15, 0.2) is 24.3 Å². The van der Waals surface area contributed by atoms with Crippen LogP contribution in [0.4, 0.5) is 5.69 Å². The zero-order valence-corrected chi connectivity index (χ0v) is 11.6. The topological polar surface area (TPSA) is 23.6 Å². The molecule has 0 aliphatic carbocycles. The van der Waals surface area contributed by atoms with E-state index in [-0.39, 0.29) is 5.92 Å². The standard InChI is InChI=1S/C16H22N2O/c1-17-10-4-8-14(12-17)16(19)18-11-5-7-13-6-2-3-9-15(13)18/h2-3,6,9,14H,4-5,7-8,10-12H2,1H3/t14-/m0/s1. The Kier molecular flexibility index (Phi) is 3.56. The fraction of sp³-hybridized carbons (Fsp3) is 0.562. The second-order valence-electron chi connectivity index (χ2n) is 5.82. The third-order valence-electron chi connectivity index (χ3n) is 4.35. The lowest BCUT2D eigenvalue weighted by Crippen LogP contribution is -2.45. The Hall–Kier alpha value is -1.35. The molecule has 1 aromatic rings. The van der Waals surface area contributed by atoms with E-state index in [0.29, 0.717) is 5.91 Å². The highest BCUT2D eigenvalue weighted by Crippen LogP contribution is 2.29. The van der Waals surface area contributed by atoms with Crippen LogP contribution in [0.5, 0.6) is 0 Å². The maximum absolute atomic E-state index is 12.8. The Morgan fingerprint density at radius 3 is 2.89 bits per heavy atom. The number of hydrogen-bond donors (Lipinski definition) is 0. The molecule has 0 saturated carbocycles. The normalized spacial score (nSPS) is 24.1. The smallest absolute Gasteiger partial charge is 0.231 e. The van der Waals surface area contributed by atoms with Crippen LogP contribution in [-0.4, -0.2) is 37.5 Å². The summed E-state index contributed by atoms with van der Waals surface area (Å²) in [7, 11) is 2.11. The molecule has 0 N–H and O–H groups in total. The average Bonchev–Trinajstić information content (AvgIpc) is 2.46. The minimum absolute atomic E-state index is 0.185. The van der Waals surface area contributed by atoms with Crippen LogP contribution >= 0.6 is 0 Å². The molecule has 2 aliphatic rings. The molecule has 1 amide bonds. The quantitative estimate of drug-likeness (QED) is 0.771. The van der Waals surface area contributed by atoms with Crippen LogP contribution < -0.4 is 4.90 Å². The lowest BCUT2D eigenvalue weighted by atomic mass is 9.94. The van der Waals surface area contributed by atoms with E-state index in [9.17, 15) is 4.79 Å². The van der Waals surface area contributed by atoms with Gasteiger partial charge in [-0.05, 0) is 50.9 Å². The molecule has 0 aromatic heterocycles. The number of fused-ring (bicyclic) bond motifs is 1. The number of carbonyl (C=O) groups excluding carboxylic acids is 1. The number of piperidine rings is 1. The Morgan fingerprint density at radius 1 is 1.21 bits per heavy atom. The summed E-state index contributed by atoms with van der Waals surface area (Å²) in [4.78, 5) is 17.1. The van der Waals surface area contributed by atoms with Crippen molar-refractivity contribution in [2.24, 2.45) is 5.92 Å². The van der Waals surface area contributed by atoms with Gasteiger partial charge < -0.3 is 9.80 Å². The molecule has 0 unspecified atom stereocenters. The zero-order chi connectivity index (χ0) is 13.2. The number of hydrogen-bond acceptors (Lipinski definition) is 2. The first-order valence-electron chi connectivity index (χ1n) is 7.33. The van der Waals surface area contributed by atoms with Crippen LogP contribution in [0.25, 0.3) is 0 Å². The molecule has 3 nitrogen and oxygen atoms in total. The molecule has 1 aromatic carbocycles. The van der Waals surface area contributed by atoms with Crippen molar-refractivity contribution in [1.29, 1.82) is 0 Å². The Morgan fingerprint density at radius 2 is 2.05 bits per heavy atom. The van der Waals surface area contributed by atoms with Crippen molar-refractivity contribution in [3.05, 3.63) is 29.8 Å². The number of rotatable bonds is 1. The van der Waals surface area contributed by atoms with Gasteiger partial charge in [0.15, 0.2) is 0 Å².